The van der Waals surface area contributed by atoms with Gasteiger partial charge in [0.15, 0.2) is 11.5 Å². The molecule has 10 heteroatoms. The van der Waals surface area contributed by atoms with E-state index in [1.165, 1.54) is 10.9 Å². The number of aryl methyl sites for hydroxylation is 1. The van der Waals surface area contributed by atoms with Gasteiger partial charge in [-0.1, -0.05) is 12.1 Å². The minimum absolute atomic E-state index is 0.0436. The molecule has 2 aromatic carbocycles. The number of anilines is 1. The first kappa shape index (κ1) is 19.6. The summed E-state index contributed by atoms with van der Waals surface area (Å²) in [6.07, 6.45) is 1.27. The van der Waals surface area contributed by atoms with Crippen molar-refractivity contribution in [1.29, 1.82) is 0 Å². The van der Waals surface area contributed by atoms with E-state index in [0.29, 0.717) is 41.5 Å². The van der Waals surface area contributed by atoms with Gasteiger partial charge in [-0.3, -0.25) is 19.5 Å². The average Bonchev–Trinajstić information content (AvgIpc) is 3.18. The lowest BCUT2D eigenvalue weighted by Crippen LogP contribution is -2.35. The van der Waals surface area contributed by atoms with Crippen LogP contribution in [0.3, 0.4) is 0 Å². The third-order valence-electron chi connectivity index (χ3n) is 4.98. The molecule has 0 fully saturated rings. The lowest BCUT2D eigenvalue weighted by Gasteiger charge is -2.19. The van der Waals surface area contributed by atoms with E-state index >= 15 is 0 Å². The topological polar surface area (TPSA) is 125 Å². The third kappa shape index (κ3) is 3.73. The Morgan fingerprint density at radius 3 is 2.75 bits per heavy atom. The minimum atomic E-state index is -0.690. The highest BCUT2D eigenvalue weighted by molar-refractivity contribution is 6.02. The van der Waals surface area contributed by atoms with Gasteiger partial charge in [0.1, 0.15) is 24.3 Å². The van der Waals surface area contributed by atoms with Crippen LogP contribution in [-0.4, -0.2) is 34.7 Å². The molecule has 0 radical (unpaired) electrons. The molecule has 0 atom stereocenters. The summed E-state index contributed by atoms with van der Waals surface area (Å²) in [5.41, 5.74) is 1.24. The van der Waals surface area contributed by atoms with E-state index in [-0.39, 0.29) is 24.1 Å². The Balaban J connectivity index is 1.21. The molecule has 2 aromatic heterocycles. The predicted molar refractivity (Wildman–Crippen MR) is 115 cm³/mol. The van der Waals surface area contributed by atoms with Crippen molar-refractivity contribution < 1.29 is 23.5 Å². The Hall–Kier alpha value is -4.34. The monoisotopic (exact) mass is 434 g/mol. The molecule has 32 heavy (non-hydrogen) atoms. The van der Waals surface area contributed by atoms with Crippen LogP contribution in [0.4, 0.5) is 10.5 Å². The Morgan fingerprint density at radius 1 is 1.06 bits per heavy atom. The first-order chi connectivity index (χ1) is 15.6. The third-order valence-corrected chi connectivity index (χ3v) is 4.98. The van der Waals surface area contributed by atoms with Crippen LogP contribution >= 0.6 is 0 Å². The zero-order valence-corrected chi connectivity index (χ0v) is 16.8. The van der Waals surface area contributed by atoms with Gasteiger partial charge >= 0.3 is 6.03 Å². The zero-order valence-electron chi connectivity index (χ0n) is 16.8. The number of furan rings is 1. The fourth-order valence-corrected chi connectivity index (χ4v) is 3.47. The number of carbonyl (C=O) groups is 2. The highest BCUT2D eigenvalue weighted by atomic mass is 16.6. The molecule has 0 unspecified atom stereocenters. The van der Waals surface area contributed by atoms with Crippen molar-refractivity contribution in [1.82, 2.24) is 14.9 Å². The number of amides is 3. The van der Waals surface area contributed by atoms with Crippen molar-refractivity contribution in [2.75, 3.05) is 18.5 Å². The lowest BCUT2D eigenvalue weighted by molar-refractivity contribution is -0.120. The molecule has 162 valence electrons. The molecule has 4 aromatic rings. The molecule has 0 saturated heterocycles. The second kappa shape index (κ2) is 8.06. The molecule has 1 aliphatic heterocycles. The van der Waals surface area contributed by atoms with Gasteiger partial charge in [-0.15, -0.1) is 0 Å². The van der Waals surface area contributed by atoms with E-state index in [4.69, 9.17) is 13.9 Å². The van der Waals surface area contributed by atoms with Crippen molar-refractivity contribution in [3.63, 3.8) is 0 Å². The molecule has 5 rings (SSSR count). The summed E-state index contributed by atoms with van der Waals surface area (Å²) in [5.74, 6) is 0.573. The summed E-state index contributed by atoms with van der Waals surface area (Å²) in [6.45, 7) is 0.938. The van der Waals surface area contributed by atoms with Crippen LogP contribution in [-0.2, 0) is 11.3 Å². The zero-order chi connectivity index (χ0) is 22.1. The Kier molecular flexibility index (Phi) is 4.94. The van der Waals surface area contributed by atoms with Crippen LogP contribution in [0.2, 0.25) is 0 Å². The van der Waals surface area contributed by atoms with Gasteiger partial charge in [-0.25, -0.2) is 9.78 Å². The summed E-state index contributed by atoms with van der Waals surface area (Å²) in [5, 5.41) is 5.56. The maximum atomic E-state index is 12.7. The molecule has 0 aliphatic carbocycles. The van der Waals surface area contributed by atoms with E-state index in [2.05, 4.69) is 15.6 Å². The first-order valence-corrected chi connectivity index (χ1v) is 9.95. The van der Waals surface area contributed by atoms with Gasteiger partial charge in [-0.05, 0) is 24.3 Å². The number of nitrogens with one attached hydrogen (secondary N) is 2. The molecule has 3 heterocycles. The molecule has 3 amide bonds. The molecule has 10 nitrogen and oxygen atoms in total. The SMILES string of the molecule is O=C(CCn1cnc2c(oc3ccccc32)c1=O)NC(=O)Nc1ccc2c(c1)OCCO2. The summed E-state index contributed by atoms with van der Waals surface area (Å²) in [6, 6.07) is 11.5. The maximum absolute atomic E-state index is 12.7. The number of hydrogen-bond acceptors (Lipinski definition) is 7. The Morgan fingerprint density at radius 2 is 1.88 bits per heavy atom. The van der Waals surface area contributed by atoms with Crippen molar-refractivity contribution in [2.24, 2.45) is 0 Å². The molecule has 2 N–H and O–H groups in total. The number of aromatic nitrogens is 2. The van der Waals surface area contributed by atoms with E-state index < -0.39 is 11.9 Å². The predicted octanol–water partition coefficient (Wildman–Crippen LogP) is 2.65. The molecule has 1 aliphatic rings. The van der Waals surface area contributed by atoms with Crippen LogP contribution in [0, 0.1) is 0 Å². The number of carbonyl (C=O) groups excluding carboxylic acids is 2. The number of ether oxygens (including phenoxy) is 2. The van der Waals surface area contributed by atoms with Crippen molar-refractivity contribution in [3.05, 3.63) is 59.1 Å². The fourth-order valence-electron chi connectivity index (χ4n) is 3.47. The first-order valence-electron chi connectivity index (χ1n) is 9.95. The molecular formula is C22H18N4O6. The molecule has 0 saturated carbocycles. The van der Waals surface area contributed by atoms with E-state index in [1.807, 2.05) is 18.2 Å². The second-order valence-electron chi connectivity index (χ2n) is 7.13. The summed E-state index contributed by atoms with van der Waals surface area (Å²) >= 11 is 0. The largest absolute Gasteiger partial charge is 0.486 e. The van der Waals surface area contributed by atoms with Gasteiger partial charge in [-0.2, -0.15) is 0 Å². The van der Waals surface area contributed by atoms with Gasteiger partial charge < -0.3 is 19.2 Å². The van der Waals surface area contributed by atoms with Gasteiger partial charge in [0.05, 0.1) is 6.33 Å². The highest BCUT2D eigenvalue weighted by Gasteiger charge is 2.16. The number of benzene rings is 2. The number of rotatable bonds is 4. The number of fused-ring (bicyclic) bond motifs is 4. The fraction of sp³-hybridized carbons (Fsp3) is 0.182. The Bertz CT molecular complexity index is 1410. The highest BCUT2D eigenvalue weighted by Crippen LogP contribution is 2.32. The summed E-state index contributed by atoms with van der Waals surface area (Å²) < 4.78 is 17.8. The number of nitrogens with zero attached hydrogens (tertiary/aromatic N) is 2. The van der Waals surface area contributed by atoms with Gasteiger partial charge in [0, 0.05) is 30.1 Å². The standard InChI is InChI=1S/C22H18N4O6/c27-18(25-22(29)24-13-5-6-16-17(11-13)31-10-9-30-16)7-8-26-12-23-19-14-3-1-2-4-15(14)32-20(19)21(26)28/h1-6,11-12H,7-10H2,(H2,24,25,27,29). The van der Waals surface area contributed by atoms with Gasteiger partial charge in [0.2, 0.25) is 11.5 Å². The van der Waals surface area contributed by atoms with Crippen LogP contribution in [0.15, 0.2) is 58.0 Å². The van der Waals surface area contributed by atoms with Crippen molar-refractivity contribution >= 4 is 39.7 Å². The van der Waals surface area contributed by atoms with Crippen LogP contribution in [0.5, 0.6) is 11.5 Å². The van der Waals surface area contributed by atoms with Crippen LogP contribution in [0.25, 0.3) is 22.1 Å². The van der Waals surface area contributed by atoms with E-state index in [0.717, 1.165) is 5.39 Å². The smallest absolute Gasteiger partial charge is 0.325 e. The number of imide groups is 1. The quantitative estimate of drug-likeness (QED) is 0.506. The number of hydrogen-bond donors (Lipinski definition) is 2. The van der Waals surface area contributed by atoms with Crippen molar-refractivity contribution in [3.8, 4) is 11.5 Å². The normalized spacial score (nSPS) is 12.6. The number of para-hydroxylation sites is 1. The van der Waals surface area contributed by atoms with E-state index in [1.54, 1.807) is 24.3 Å². The Labute approximate surface area is 180 Å². The number of urea groups is 1. The minimum Gasteiger partial charge on any atom is -0.486 e. The summed E-state index contributed by atoms with van der Waals surface area (Å²) in [7, 11) is 0. The van der Waals surface area contributed by atoms with E-state index in [9.17, 15) is 14.4 Å². The molecular weight excluding hydrogens is 416 g/mol. The van der Waals surface area contributed by atoms with Crippen LogP contribution in [0.1, 0.15) is 6.42 Å². The second-order valence-corrected chi connectivity index (χ2v) is 7.13. The van der Waals surface area contributed by atoms with Crippen molar-refractivity contribution in [2.45, 2.75) is 13.0 Å². The maximum Gasteiger partial charge on any atom is 0.325 e. The molecule has 0 spiro atoms. The van der Waals surface area contributed by atoms with Gasteiger partial charge in [0.25, 0.3) is 5.56 Å². The lowest BCUT2D eigenvalue weighted by atomic mass is 10.2. The average molecular weight is 434 g/mol. The summed E-state index contributed by atoms with van der Waals surface area (Å²) in [4.78, 5) is 41.3. The van der Waals surface area contributed by atoms with Crippen LogP contribution < -0.4 is 25.7 Å². The molecule has 0 bridgehead atoms.